The molecule has 2 heterocycles. The number of likely N-dealkylation sites (tertiary alicyclic amines) is 1. The number of aromatic nitrogens is 2. The second-order valence-corrected chi connectivity index (χ2v) is 7.18. The van der Waals surface area contributed by atoms with Gasteiger partial charge in [-0.05, 0) is 69.1 Å². The molecule has 1 aliphatic rings. The zero-order valence-corrected chi connectivity index (χ0v) is 16.1. The zero-order valence-electron chi connectivity index (χ0n) is 16.1. The van der Waals surface area contributed by atoms with Crippen LogP contribution >= 0.6 is 0 Å². The minimum Gasteiger partial charge on any atom is -0.485 e. The first-order chi connectivity index (χ1) is 13.1. The molecule has 0 spiro atoms. The van der Waals surface area contributed by atoms with Gasteiger partial charge in [-0.2, -0.15) is 4.98 Å². The first-order valence-corrected chi connectivity index (χ1v) is 9.63. The molecule has 0 atom stereocenters. The SMILES string of the molecule is Cc1nc(COc2ccc(C(=O)NCCCN3CCC(C)CC3)cc2)no1. The molecule has 146 valence electrons. The van der Waals surface area contributed by atoms with Crippen LogP contribution in [0.1, 0.15) is 48.3 Å². The van der Waals surface area contributed by atoms with Crippen molar-refractivity contribution in [3.05, 3.63) is 41.5 Å². The van der Waals surface area contributed by atoms with Crippen LogP contribution < -0.4 is 10.1 Å². The Hall–Kier alpha value is -2.41. The van der Waals surface area contributed by atoms with E-state index in [1.165, 1.54) is 25.9 Å². The minimum absolute atomic E-state index is 0.0531. The smallest absolute Gasteiger partial charge is 0.251 e. The summed E-state index contributed by atoms with van der Waals surface area (Å²) in [6, 6.07) is 7.07. The number of amides is 1. The van der Waals surface area contributed by atoms with Gasteiger partial charge in [-0.15, -0.1) is 0 Å². The fourth-order valence-electron chi connectivity index (χ4n) is 3.14. The predicted octanol–water partition coefficient (Wildman–Crippen LogP) is 2.81. The number of carbonyl (C=O) groups is 1. The lowest BCUT2D eigenvalue weighted by molar-refractivity contribution is 0.0950. The van der Waals surface area contributed by atoms with E-state index >= 15 is 0 Å². The maximum atomic E-state index is 12.2. The van der Waals surface area contributed by atoms with Crippen LogP contribution in [0.2, 0.25) is 0 Å². The summed E-state index contributed by atoms with van der Waals surface area (Å²) in [6.45, 7) is 8.39. The van der Waals surface area contributed by atoms with Gasteiger partial charge in [-0.25, -0.2) is 0 Å². The van der Waals surface area contributed by atoms with Crippen LogP contribution in [0, 0.1) is 12.8 Å². The zero-order chi connectivity index (χ0) is 19.1. The standard InChI is InChI=1S/C20H28N4O3/c1-15-8-12-24(13-9-15)11-3-10-21-20(25)17-4-6-18(7-5-17)26-14-19-22-16(2)27-23-19/h4-7,15H,3,8-14H2,1-2H3,(H,21,25). The van der Waals surface area contributed by atoms with Crippen LogP contribution in [0.25, 0.3) is 0 Å². The Morgan fingerprint density at radius 1 is 1.30 bits per heavy atom. The van der Waals surface area contributed by atoms with E-state index in [4.69, 9.17) is 9.26 Å². The normalized spacial score (nSPS) is 15.6. The topological polar surface area (TPSA) is 80.5 Å². The van der Waals surface area contributed by atoms with Gasteiger partial charge < -0.3 is 19.5 Å². The summed E-state index contributed by atoms with van der Waals surface area (Å²) in [6.07, 6.45) is 3.55. The molecule has 0 unspecified atom stereocenters. The summed E-state index contributed by atoms with van der Waals surface area (Å²) in [4.78, 5) is 18.8. The average molecular weight is 372 g/mol. The molecule has 1 aromatic carbocycles. The monoisotopic (exact) mass is 372 g/mol. The molecule has 0 aliphatic carbocycles. The number of aryl methyl sites for hydroxylation is 1. The summed E-state index contributed by atoms with van der Waals surface area (Å²) in [5.41, 5.74) is 0.629. The molecule has 7 heteroatoms. The predicted molar refractivity (Wildman–Crippen MR) is 102 cm³/mol. The number of carbonyl (C=O) groups excluding carboxylic acids is 1. The average Bonchev–Trinajstić information content (AvgIpc) is 3.10. The third kappa shape index (κ3) is 6.06. The maximum absolute atomic E-state index is 12.2. The third-order valence-corrected chi connectivity index (χ3v) is 4.87. The largest absolute Gasteiger partial charge is 0.485 e. The molecule has 0 saturated carbocycles. The van der Waals surface area contributed by atoms with Crippen molar-refractivity contribution in [2.75, 3.05) is 26.2 Å². The highest BCUT2D eigenvalue weighted by Crippen LogP contribution is 2.16. The van der Waals surface area contributed by atoms with E-state index in [0.29, 0.717) is 29.6 Å². The molecular formula is C20H28N4O3. The molecule has 1 saturated heterocycles. The maximum Gasteiger partial charge on any atom is 0.251 e. The lowest BCUT2D eigenvalue weighted by atomic mass is 9.99. The second-order valence-electron chi connectivity index (χ2n) is 7.18. The number of hydrogen-bond acceptors (Lipinski definition) is 6. The van der Waals surface area contributed by atoms with Crippen molar-refractivity contribution in [1.82, 2.24) is 20.4 Å². The van der Waals surface area contributed by atoms with Crippen LogP contribution in [0.15, 0.2) is 28.8 Å². The minimum atomic E-state index is -0.0531. The third-order valence-electron chi connectivity index (χ3n) is 4.87. The Morgan fingerprint density at radius 3 is 2.70 bits per heavy atom. The molecule has 1 aliphatic heterocycles. The van der Waals surface area contributed by atoms with E-state index in [2.05, 4.69) is 27.3 Å². The first kappa shape index (κ1) is 19.4. The van der Waals surface area contributed by atoms with Gasteiger partial charge in [-0.1, -0.05) is 12.1 Å². The van der Waals surface area contributed by atoms with Gasteiger partial charge in [0, 0.05) is 19.0 Å². The Morgan fingerprint density at radius 2 is 2.04 bits per heavy atom. The number of piperidine rings is 1. The summed E-state index contributed by atoms with van der Waals surface area (Å²) in [5, 5.41) is 6.77. The highest BCUT2D eigenvalue weighted by atomic mass is 16.5. The summed E-state index contributed by atoms with van der Waals surface area (Å²) in [5.74, 6) is 2.47. The fourth-order valence-corrected chi connectivity index (χ4v) is 3.14. The molecule has 0 radical (unpaired) electrons. The van der Waals surface area contributed by atoms with E-state index in [-0.39, 0.29) is 12.5 Å². The molecular weight excluding hydrogens is 344 g/mol. The van der Waals surface area contributed by atoms with Crippen LogP contribution in [0.3, 0.4) is 0 Å². The molecule has 1 fully saturated rings. The van der Waals surface area contributed by atoms with Crippen LogP contribution in [0.4, 0.5) is 0 Å². The van der Waals surface area contributed by atoms with Crippen molar-refractivity contribution >= 4 is 5.91 Å². The number of benzene rings is 1. The molecule has 1 N–H and O–H groups in total. The van der Waals surface area contributed by atoms with Crippen molar-refractivity contribution in [3.8, 4) is 5.75 Å². The summed E-state index contributed by atoms with van der Waals surface area (Å²) in [7, 11) is 0. The van der Waals surface area contributed by atoms with Gasteiger partial charge in [0.1, 0.15) is 5.75 Å². The quantitative estimate of drug-likeness (QED) is 0.718. The molecule has 1 amide bonds. The highest BCUT2D eigenvalue weighted by Gasteiger charge is 2.15. The van der Waals surface area contributed by atoms with E-state index in [1.807, 2.05) is 0 Å². The van der Waals surface area contributed by atoms with E-state index in [0.717, 1.165) is 18.9 Å². The van der Waals surface area contributed by atoms with Gasteiger partial charge >= 0.3 is 0 Å². The van der Waals surface area contributed by atoms with Crippen molar-refractivity contribution in [2.45, 2.75) is 39.7 Å². The summed E-state index contributed by atoms with van der Waals surface area (Å²) < 4.78 is 10.5. The van der Waals surface area contributed by atoms with Crippen LogP contribution in [0.5, 0.6) is 5.75 Å². The van der Waals surface area contributed by atoms with Gasteiger partial charge in [0.2, 0.25) is 11.7 Å². The molecule has 1 aromatic heterocycles. The first-order valence-electron chi connectivity index (χ1n) is 9.63. The molecule has 0 bridgehead atoms. The highest BCUT2D eigenvalue weighted by molar-refractivity contribution is 5.94. The number of ether oxygens (including phenoxy) is 1. The Labute approximate surface area is 160 Å². The lowest BCUT2D eigenvalue weighted by Crippen LogP contribution is -2.35. The Balaban J connectivity index is 1.35. The van der Waals surface area contributed by atoms with Gasteiger partial charge in [0.25, 0.3) is 5.91 Å². The number of nitrogens with one attached hydrogen (secondary N) is 1. The van der Waals surface area contributed by atoms with E-state index in [1.54, 1.807) is 31.2 Å². The van der Waals surface area contributed by atoms with Crippen molar-refractivity contribution in [1.29, 1.82) is 0 Å². The van der Waals surface area contributed by atoms with Crippen molar-refractivity contribution < 1.29 is 14.1 Å². The van der Waals surface area contributed by atoms with Gasteiger partial charge in [0.05, 0.1) is 0 Å². The Kier molecular flexibility index (Phi) is 6.81. The van der Waals surface area contributed by atoms with Gasteiger partial charge in [-0.3, -0.25) is 4.79 Å². The number of rotatable bonds is 8. The van der Waals surface area contributed by atoms with Crippen LogP contribution in [-0.2, 0) is 6.61 Å². The molecule has 2 aromatic rings. The van der Waals surface area contributed by atoms with Crippen molar-refractivity contribution in [2.24, 2.45) is 5.92 Å². The van der Waals surface area contributed by atoms with E-state index < -0.39 is 0 Å². The number of hydrogen-bond donors (Lipinski definition) is 1. The van der Waals surface area contributed by atoms with Crippen molar-refractivity contribution in [3.63, 3.8) is 0 Å². The lowest BCUT2D eigenvalue weighted by Gasteiger charge is -2.30. The Bertz CT molecular complexity index is 721. The molecule has 27 heavy (non-hydrogen) atoms. The van der Waals surface area contributed by atoms with E-state index in [9.17, 15) is 4.79 Å². The van der Waals surface area contributed by atoms with Crippen LogP contribution in [-0.4, -0.2) is 47.1 Å². The molecule has 7 nitrogen and oxygen atoms in total. The van der Waals surface area contributed by atoms with Gasteiger partial charge in [0.15, 0.2) is 6.61 Å². The number of nitrogens with zero attached hydrogens (tertiary/aromatic N) is 3. The molecule has 3 rings (SSSR count). The second kappa shape index (κ2) is 9.50. The fraction of sp³-hybridized carbons (Fsp3) is 0.550. The summed E-state index contributed by atoms with van der Waals surface area (Å²) >= 11 is 0.